The SMILES string of the molecule is NC(C=O)C(O)C(=O)O. The number of hydrogen-bond donors (Lipinski definition) is 3. The van der Waals surface area contributed by atoms with E-state index in [1.807, 2.05) is 0 Å². The van der Waals surface area contributed by atoms with Gasteiger partial charge < -0.3 is 20.7 Å². The van der Waals surface area contributed by atoms with Crippen molar-refractivity contribution in [2.75, 3.05) is 0 Å². The number of carboxylic acid groups (broad SMARTS) is 1. The third kappa shape index (κ3) is 2.20. The molecule has 2 unspecified atom stereocenters. The molecule has 0 aromatic heterocycles. The lowest BCUT2D eigenvalue weighted by atomic mass is 10.2. The second-order valence-corrected chi connectivity index (χ2v) is 1.50. The fourth-order valence-electron chi connectivity index (χ4n) is 0.239. The number of rotatable bonds is 3. The van der Waals surface area contributed by atoms with Crippen LogP contribution in [0.1, 0.15) is 0 Å². The van der Waals surface area contributed by atoms with Gasteiger partial charge in [-0.05, 0) is 0 Å². The van der Waals surface area contributed by atoms with E-state index in [1.54, 1.807) is 0 Å². The predicted molar refractivity (Wildman–Crippen MR) is 27.7 cm³/mol. The van der Waals surface area contributed by atoms with Crippen molar-refractivity contribution in [1.82, 2.24) is 0 Å². The maximum Gasteiger partial charge on any atom is 0.334 e. The first-order chi connectivity index (χ1) is 4.09. The molecule has 0 bridgehead atoms. The number of hydrogen-bond acceptors (Lipinski definition) is 4. The van der Waals surface area contributed by atoms with E-state index in [-0.39, 0.29) is 6.29 Å². The summed E-state index contributed by atoms with van der Waals surface area (Å²) in [4.78, 5) is 19.5. The van der Waals surface area contributed by atoms with E-state index in [4.69, 9.17) is 15.9 Å². The molecule has 0 aromatic rings. The van der Waals surface area contributed by atoms with Gasteiger partial charge >= 0.3 is 5.97 Å². The molecule has 4 N–H and O–H groups in total. The van der Waals surface area contributed by atoms with Crippen LogP contribution in [0.25, 0.3) is 0 Å². The van der Waals surface area contributed by atoms with E-state index in [2.05, 4.69) is 0 Å². The van der Waals surface area contributed by atoms with Crippen LogP contribution in [0.3, 0.4) is 0 Å². The van der Waals surface area contributed by atoms with E-state index < -0.39 is 18.1 Å². The molecule has 0 aromatic carbocycles. The van der Waals surface area contributed by atoms with Crippen molar-refractivity contribution in [3.63, 3.8) is 0 Å². The highest BCUT2D eigenvalue weighted by atomic mass is 16.4. The number of aldehydes is 1. The van der Waals surface area contributed by atoms with Gasteiger partial charge in [-0.15, -0.1) is 0 Å². The van der Waals surface area contributed by atoms with Gasteiger partial charge in [-0.2, -0.15) is 0 Å². The molecular formula is C4H7NO4. The molecule has 0 aliphatic rings. The van der Waals surface area contributed by atoms with Crippen molar-refractivity contribution in [3.8, 4) is 0 Å². The smallest absolute Gasteiger partial charge is 0.334 e. The first kappa shape index (κ1) is 8.06. The highest BCUT2D eigenvalue weighted by molar-refractivity contribution is 5.78. The molecule has 0 radical (unpaired) electrons. The van der Waals surface area contributed by atoms with Crippen molar-refractivity contribution >= 4 is 12.3 Å². The number of aliphatic hydroxyl groups is 1. The van der Waals surface area contributed by atoms with E-state index in [0.717, 1.165) is 0 Å². The van der Waals surface area contributed by atoms with Crippen molar-refractivity contribution in [3.05, 3.63) is 0 Å². The molecular weight excluding hydrogens is 126 g/mol. The Labute approximate surface area is 51.1 Å². The van der Waals surface area contributed by atoms with Crippen LogP contribution >= 0.6 is 0 Å². The Morgan fingerprint density at radius 1 is 1.67 bits per heavy atom. The topological polar surface area (TPSA) is 101 Å². The summed E-state index contributed by atoms with van der Waals surface area (Å²) in [6.45, 7) is 0. The van der Waals surface area contributed by atoms with Gasteiger partial charge in [0.1, 0.15) is 6.29 Å². The summed E-state index contributed by atoms with van der Waals surface area (Å²) in [6, 6.07) is -1.33. The number of aliphatic hydroxyl groups excluding tert-OH is 1. The van der Waals surface area contributed by atoms with Crippen LogP contribution < -0.4 is 5.73 Å². The summed E-state index contributed by atoms with van der Waals surface area (Å²) in [5, 5.41) is 16.4. The third-order valence-electron chi connectivity index (χ3n) is 0.775. The lowest BCUT2D eigenvalue weighted by Gasteiger charge is -2.05. The molecule has 5 heteroatoms. The van der Waals surface area contributed by atoms with Crippen molar-refractivity contribution in [1.29, 1.82) is 0 Å². The van der Waals surface area contributed by atoms with Crippen LogP contribution in [0.5, 0.6) is 0 Å². The normalized spacial score (nSPS) is 16.2. The average molecular weight is 133 g/mol. The summed E-state index contributed by atoms with van der Waals surface area (Å²) < 4.78 is 0. The Morgan fingerprint density at radius 3 is 2.22 bits per heavy atom. The Bertz CT molecular complexity index is 124. The third-order valence-corrected chi connectivity index (χ3v) is 0.775. The maximum absolute atomic E-state index is 9.81. The van der Waals surface area contributed by atoms with Crippen LogP contribution in [0.15, 0.2) is 0 Å². The van der Waals surface area contributed by atoms with Gasteiger partial charge in [0.15, 0.2) is 6.10 Å². The standard InChI is InChI=1S/C4H7NO4/c5-2(1-6)3(7)4(8)9/h1-3,7H,5H2,(H,8,9). The summed E-state index contributed by atoms with van der Waals surface area (Å²) in [6.07, 6.45) is -1.61. The summed E-state index contributed by atoms with van der Waals surface area (Å²) in [7, 11) is 0. The second-order valence-electron chi connectivity index (χ2n) is 1.50. The van der Waals surface area contributed by atoms with Crippen LogP contribution in [-0.2, 0) is 9.59 Å². The van der Waals surface area contributed by atoms with Crippen molar-refractivity contribution in [2.24, 2.45) is 5.73 Å². The number of carboxylic acids is 1. The van der Waals surface area contributed by atoms with Gasteiger partial charge in [-0.1, -0.05) is 0 Å². The quantitative estimate of drug-likeness (QED) is 0.385. The molecule has 5 nitrogen and oxygen atoms in total. The molecule has 0 fully saturated rings. The number of nitrogens with two attached hydrogens (primary N) is 1. The summed E-state index contributed by atoms with van der Waals surface area (Å²) >= 11 is 0. The average Bonchev–Trinajstić information content (AvgIpc) is 1.84. The van der Waals surface area contributed by atoms with Crippen molar-refractivity contribution in [2.45, 2.75) is 12.1 Å². The van der Waals surface area contributed by atoms with Gasteiger partial charge in [0, 0.05) is 0 Å². The van der Waals surface area contributed by atoms with Crippen LogP contribution in [0.2, 0.25) is 0 Å². The molecule has 9 heavy (non-hydrogen) atoms. The summed E-state index contributed by atoms with van der Waals surface area (Å²) in [5.74, 6) is -1.49. The lowest BCUT2D eigenvalue weighted by molar-refractivity contribution is -0.148. The minimum Gasteiger partial charge on any atom is -0.479 e. The largest absolute Gasteiger partial charge is 0.479 e. The maximum atomic E-state index is 9.81. The fraction of sp³-hybridized carbons (Fsp3) is 0.500. The number of carbonyl (C=O) groups excluding carboxylic acids is 1. The first-order valence-electron chi connectivity index (χ1n) is 2.21. The molecule has 0 heterocycles. The van der Waals surface area contributed by atoms with Crippen LogP contribution in [0.4, 0.5) is 0 Å². The van der Waals surface area contributed by atoms with E-state index in [0.29, 0.717) is 0 Å². The monoisotopic (exact) mass is 133 g/mol. The first-order valence-corrected chi connectivity index (χ1v) is 2.21. The fourth-order valence-corrected chi connectivity index (χ4v) is 0.239. The molecule has 0 saturated carbocycles. The molecule has 0 rings (SSSR count). The zero-order chi connectivity index (χ0) is 7.44. The lowest BCUT2D eigenvalue weighted by Crippen LogP contribution is -2.41. The Morgan fingerprint density at radius 2 is 2.11 bits per heavy atom. The van der Waals surface area contributed by atoms with Gasteiger partial charge in [0.2, 0.25) is 0 Å². The minimum absolute atomic E-state index is 0.179. The highest BCUT2D eigenvalue weighted by Gasteiger charge is 2.20. The predicted octanol–water partition coefficient (Wildman–Crippen LogP) is -2.04. The molecule has 0 aliphatic heterocycles. The number of carbonyl (C=O) groups is 2. The zero-order valence-electron chi connectivity index (χ0n) is 4.52. The van der Waals surface area contributed by atoms with Crippen molar-refractivity contribution < 1.29 is 19.8 Å². The molecule has 0 spiro atoms. The van der Waals surface area contributed by atoms with Gasteiger partial charge in [0.05, 0.1) is 6.04 Å². The van der Waals surface area contributed by atoms with Crippen LogP contribution in [0, 0.1) is 0 Å². The molecule has 2 atom stereocenters. The molecule has 0 saturated heterocycles. The van der Waals surface area contributed by atoms with E-state index in [1.165, 1.54) is 0 Å². The summed E-state index contributed by atoms with van der Waals surface area (Å²) in [5.41, 5.74) is 4.82. The zero-order valence-corrected chi connectivity index (χ0v) is 4.52. The number of aliphatic carboxylic acids is 1. The van der Waals surface area contributed by atoms with E-state index >= 15 is 0 Å². The minimum atomic E-state index is -1.79. The Balaban J connectivity index is 3.86. The second kappa shape index (κ2) is 3.16. The molecule has 0 aliphatic carbocycles. The molecule has 0 amide bonds. The van der Waals surface area contributed by atoms with Gasteiger partial charge in [-0.3, -0.25) is 0 Å². The van der Waals surface area contributed by atoms with Gasteiger partial charge in [0.25, 0.3) is 0 Å². The molecule has 52 valence electrons. The van der Waals surface area contributed by atoms with Gasteiger partial charge in [-0.25, -0.2) is 4.79 Å². The highest BCUT2D eigenvalue weighted by Crippen LogP contribution is 1.84. The Hall–Kier alpha value is -0.940. The Kier molecular flexibility index (Phi) is 2.83. The van der Waals surface area contributed by atoms with Crippen LogP contribution in [-0.4, -0.2) is 34.6 Å². The van der Waals surface area contributed by atoms with E-state index in [9.17, 15) is 9.59 Å².